The first kappa shape index (κ1) is 17.3. The van der Waals surface area contributed by atoms with Crippen molar-refractivity contribution in [3.8, 4) is 0 Å². The number of carbonyl (C=O) groups is 1. The van der Waals surface area contributed by atoms with Gasteiger partial charge >= 0.3 is 0 Å². The van der Waals surface area contributed by atoms with Gasteiger partial charge in [0.2, 0.25) is 11.9 Å². The number of pyridine rings is 1. The number of rotatable bonds is 4. The van der Waals surface area contributed by atoms with E-state index in [-0.39, 0.29) is 12.0 Å². The molecule has 1 fully saturated rings. The number of ether oxygens (including phenoxy) is 1. The molecule has 0 bridgehead atoms. The van der Waals surface area contributed by atoms with Gasteiger partial charge in [-0.2, -0.15) is 0 Å². The molecule has 0 aromatic carbocycles. The minimum atomic E-state index is -0.226. The molecule has 1 aliphatic rings. The molecular weight excluding hydrogens is 318 g/mol. The number of amides is 1. The first-order valence-electron chi connectivity index (χ1n) is 8.34. The van der Waals surface area contributed by atoms with Crippen molar-refractivity contribution in [3.63, 3.8) is 0 Å². The number of aromatic nitrogens is 3. The molecule has 2 aromatic heterocycles. The van der Waals surface area contributed by atoms with Crippen molar-refractivity contribution >= 4 is 11.9 Å². The number of carbonyl (C=O) groups excluding carboxylic acids is 1. The molecule has 2 aromatic rings. The zero-order valence-corrected chi connectivity index (χ0v) is 14.8. The number of anilines is 1. The maximum Gasteiger partial charge on any atom is 0.227 e. The van der Waals surface area contributed by atoms with E-state index >= 15 is 0 Å². The second-order valence-electron chi connectivity index (χ2n) is 6.36. The normalized spacial score (nSPS) is 17.4. The summed E-state index contributed by atoms with van der Waals surface area (Å²) >= 11 is 0. The van der Waals surface area contributed by atoms with Gasteiger partial charge in [0, 0.05) is 38.7 Å². The summed E-state index contributed by atoms with van der Waals surface area (Å²) in [5, 5.41) is 0. The van der Waals surface area contributed by atoms with E-state index in [0.29, 0.717) is 32.1 Å². The van der Waals surface area contributed by atoms with Crippen LogP contribution in [0.3, 0.4) is 0 Å². The first-order chi connectivity index (χ1) is 12.0. The predicted octanol–water partition coefficient (Wildman–Crippen LogP) is 1.39. The second-order valence-corrected chi connectivity index (χ2v) is 6.36. The van der Waals surface area contributed by atoms with Crippen LogP contribution in [-0.2, 0) is 16.0 Å². The minimum absolute atomic E-state index is 0.0841. The van der Waals surface area contributed by atoms with Gasteiger partial charge in [0.15, 0.2) is 0 Å². The first-order valence-corrected chi connectivity index (χ1v) is 8.34. The van der Waals surface area contributed by atoms with Crippen LogP contribution in [0.2, 0.25) is 0 Å². The van der Waals surface area contributed by atoms with Crippen molar-refractivity contribution < 1.29 is 9.53 Å². The number of hydrogen-bond donors (Lipinski definition) is 0. The Hall–Kier alpha value is -2.54. The van der Waals surface area contributed by atoms with E-state index in [2.05, 4.69) is 15.0 Å². The molecule has 132 valence electrons. The monoisotopic (exact) mass is 341 g/mol. The lowest BCUT2D eigenvalue weighted by Gasteiger charge is -2.33. The number of nitrogens with zero attached hydrogens (tertiary/aromatic N) is 5. The molecule has 0 radical (unpaired) electrons. The van der Waals surface area contributed by atoms with Gasteiger partial charge in [-0.05, 0) is 24.6 Å². The maximum absolute atomic E-state index is 12.6. The standard InChI is InChI=1S/C18H23N5O2/c1-13-4-5-14(11-20-13)10-17(24)23-8-9-25-16(12-23)15-6-7-19-18(21-15)22(2)3/h4-7,11,16H,8-10,12H2,1-3H3/t16-/m1/s1. The van der Waals surface area contributed by atoms with Gasteiger partial charge in [-0.25, -0.2) is 9.97 Å². The van der Waals surface area contributed by atoms with Crippen molar-refractivity contribution in [2.75, 3.05) is 38.7 Å². The Labute approximate surface area is 147 Å². The smallest absolute Gasteiger partial charge is 0.227 e. The van der Waals surface area contributed by atoms with E-state index in [1.165, 1.54) is 0 Å². The fourth-order valence-corrected chi connectivity index (χ4v) is 2.70. The summed E-state index contributed by atoms with van der Waals surface area (Å²) in [6, 6.07) is 5.72. The third-order valence-corrected chi connectivity index (χ3v) is 4.14. The molecular formula is C18H23N5O2. The van der Waals surface area contributed by atoms with Crippen LogP contribution >= 0.6 is 0 Å². The Morgan fingerprint density at radius 1 is 1.32 bits per heavy atom. The summed E-state index contributed by atoms with van der Waals surface area (Å²) in [6.45, 7) is 3.54. The molecule has 0 N–H and O–H groups in total. The number of morpholine rings is 1. The van der Waals surface area contributed by atoms with Gasteiger partial charge < -0.3 is 14.5 Å². The summed E-state index contributed by atoms with van der Waals surface area (Å²) in [5.41, 5.74) is 2.67. The summed E-state index contributed by atoms with van der Waals surface area (Å²) in [4.78, 5) is 29.3. The number of aryl methyl sites for hydroxylation is 1. The van der Waals surface area contributed by atoms with E-state index in [0.717, 1.165) is 17.0 Å². The lowest BCUT2D eigenvalue weighted by Crippen LogP contribution is -2.43. The number of hydrogen-bond acceptors (Lipinski definition) is 6. The fourth-order valence-electron chi connectivity index (χ4n) is 2.70. The lowest BCUT2D eigenvalue weighted by molar-refractivity contribution is -0.138. The summed E-state index contributed by atoms with van der Waals surface area (Å²) < 4.78 is 5.83. The third-order valence-electron chi connectivity index (χ3n) is 4.14. The van der Waals surface area contributed by atoms with Crippen LogP contribution in [0.15, 0.2) is 30.6 Å². The van der Waals surface area contributed by atoms with E-state index in [1.54, 1.807) is 12.4 Å². The average Bonchev–Trinajstić information content (AvgIpc) is 2.64. The largest absolute Gasteiger partial charge is 0.368 e. The Bertz CT molecular complexity index is 733. The molecule has 0 aliphatic carbocycles. The molecule has 3 heterocycles. The molecule has 0 unspecified atom stereocenters. The minimum Gasteiger partial charge on any atom is -0.368 e. The Balaban J connectivity index is 1.67. The summed E-state index contributed by atoms with van der Waals surface area (Å²) in [5.74, 6) is 0.719. The van der Waals surface area contributed by atoms with Crippen molar-refractivity contribution in [1.29, 1.82) is 0 Å². The Morgan fingerprint density at radius 2 is 2.16 bits per heavy atom. The quantitative estimate of drug-likeness (QED) is 0.837. The van der Waals surface area contributed by atoms with Gasteiger partial charge in [0.1, 0.15) is 6.10 Å². The van der Waals surface area contributed by atoms with Crippen molar-refractivity contribution in [2.24, 2.45) is 0 Å². The van der Waals surface area contributed by atoms with Crippen molar-refractivity contribution in [3.05, 3.63) is 47.5 Å². The second kappa shape index (κ2) is 7.57. The molecule has 0 spiro atoms. The summed E-state index contributed by atoms with van der Waals surface area (Å²) in [6.07, 6.45) is 3.61. The highest BCUT2D eigenvalue weighted by Crippen LogP contribution is 2.22. The van der Waals surface area contributed by atoms with Gasteiger partial charge in [-0.15, -0.1) is 0 Å². The molecule has 7 nitrogen and oxygen atoms in total. The van der Waals surface area contributed by atoms with Crippen molar-refractivity contribution in [2.45, 2.75) is 19.4 Å². The molecule has 7 heteroatoms. The predicted molar refractivity (Wildman–Crippen MR) is 94.3 cm³/mol. The molecule has 1 saturated heterocycles. The van der Waals surface area contributed by atoms with Crippen molar-refractivity contribution in [1.82, 2.24) is 19.9 Å². The zero-order chi connectivity index (χ0) is 17.8. The van der Waals surface area contributed by atoms with Crippen LogP contribution in [0.25, 0.3) is 0 Å². The molecule has 0 saturated carbocycles. The van der Waals surface area contributed by atoms with Crippen LogP contribution in [-0.4, -0.2) is 59.6 Å². The maximum atomic E-state index is 12.6. The summed E-state index contributed by atoms with van der Waals surface area (Å²) in [7, 11) is 3.79. The molecule has 1 aliphatic heterocycles. The zero-order valence-electron chi connectivity index (χ0n) is 14.8. The lowest BCUT2D eigenvalue weighted by atomic mass is 10.1. The third kappa shape index (κ3) is 4.30. The van der Waals surface area contributed by atoms with Crippen LogP contribution in [0.4, 0.5) is 5.95 Å². The van der Waals surface area contributed by atoms with E-state index in [4.69, 9.17) is 4.74 Å². The van der Waals surface area contributed by atoms with Crippen LogP contribution in [0.5, 0.6) is 0 Å². The van der Waals surface area contributed by atoms with Crippen LogP contribution in [0, 0.1) is 6.92 Å². The molecule has 25 heavy (non-hydrogen) atoms. The van der Waals surface area contributed by atoms with E-state index < -0.39 is 0 Å². The van der Waals surface area contributed by atoms with Crippen LogP contribution in [0.1, 0.15) is 23.1 Å². The molecule has 3 rings (SSSR count). The average molecular weight is 341 g/mol. The highest BCUT2D eigenvalue weighted by atomic mass is 16.5. The van der Waals surface area contributed by atoms with E-state index in [1.807, 2.05) is 49.0 Å². The Kier molecular flexibility index (Phi) is 5.23. The van der Waals surface area contributed by atoms with E-state index in [9.17, 15) is 4.79 Å². The Morgan fingerprint density at radius 3 is 2.88 bits per heavy atom. The molecule has 1 amide bonds. The van der Waals surface area contributed by atoms with Gasteiger partial charge in [0.25, 0.3) is 0 Å². The SMILES string of the molecule is Cc1ccc(CC(=O)N2CCO[C@@H](c3ccnc(N(C)C)n3)C2)cn1. The van der Waals surface area contributed by atoms with Gasteiger partial charge in [-0.3, -0.25) is 9.78 Å². The topological polar surface area (TPSA) is 71.5 Å². The van der Waals surface area contributed by atoms with Crippen LogP contribution < -0.4 is 4.90 Å². The van der Waals surface area contributed by atoms with Gasteiger partial charge in [-0.1, -0.05) is 6.07 Å². The highest BCUT2D eigenvalue weighted by molar-refractivity contribution is 5.78. The molecule has 1 atom stereocenters. The van der Waals surface area contributed by atoms with Gasteiger partial charge in [0.05, 0.1) is 25.3 Å². The highest BCUT2D eigenvalue weighted by Gasteiger charge is 2.26. The fraction of sp³-hybridized carbons (Fsp3) is 0.444.